The average Bonchev–Trinajstić information content (AvgIpc) is 2.95. The first-order chi connectivity index (χ1) is 19.2. The maximum absolute atomic E-state index is 9.64. The number of carboxylic acid groups (broad SMARTS) is 7. The van der Waals surface area contributed by atoms with Crippen LogP contribution in [0.25, 0.3) is 0 Å². The highest BCUT2D eigenvalue weighted by Gasteiger charge is 2.26. The minimum absolute atomic E-state index is 0.296. The van der Waals surface area contributed by atoms with Crippen molar-refractivity contribution in [3.8, 4) is 0 Å². The highest BCUT2D eigenvalue weighted by molar-refractivity contribution is 5.80. The maximum Gasteiger partial charge on any atom is 0.327 e. The van der Waals surface area contributed by atoms with Crippen molar-refractivity contribution >= 4 is 41.8 Å². The van der Waals surface area contributed by atoms with Crippen molar-refractivity contribution in [1.82, 2.24) is 0 Å². The van der Waals surface area contributed by atoms with Crippen LogP contribution < -0.4 is 0 Å². The lowest BCUT2D eigenvalue weighted by Crippen LogP contribution is -2.37. The van der Waals surface area contributed by atoms with E-state index >= 15 is 0 Å². The Bertz CT molecular complexity index is 704. The predicted octanol–water partition coefficient (Wildman–Crippen LogP) is -0.837. The highest BCUT2D eigenvalue weighted by Crippen LogP contribution is 2.11. The quantitative estimate of drug-likeness (QED) is 0.119. The van der Waals surface area contributed by atoms with E-state index in [1.54, 1.807) is 0 Å². The third kappa shape index (κ3) is 83.6. The molecule has 0 rings (SSSR count). The van der Waals surface area contributed by atoms with Crippen molar-refractivity contribution < 1.29 is 89.7 Å². The number of carbonyl (C=O) groups is 7. The Morgan fingerprint density at radius 3 is 0.548 bits per heavy atom. The van der Waals surface area contributed by atoms with E-state index in [1.165, 1.54) is 0 Å². The molecule has 0 radical (unpaired) electrons. The molecule has 0 aliphatic carbocycles. The van der Waals surface area contributed by atoms with Gasteiger partial charge in [0.05, 0.1) is 44.7 Å². The zero-order valence-corrected chi connectivity index (χ0v) is 22.4. The van der Waals surface area contributed by atoms with Crippen LogP contribution in [-0.2, 0) is 33.6 Å². The van der Waals surface area contributed by atoms with Gasteiger partial charge < -0.3 is 56.2 Å². The lowest BCUT2D eigenvalue weighted by atomic mass is 9.93. The first kappa shape index (κ1) is 53.1. The van der Waals surface area contributed by atoms with Crippen LogP contribution in [0.1, 0.15) is 12.8 Å². The van der Waals surface area contributed by atoms with E-state index < -0.39 is 73.6 Å². The summed E-state index contributed by atoms with van der Waals surface area (Å²) in [4.78, 5) is 65.5. The van der Waals surface area contributed by atoms with Gasteiger partial charge in [-0.05, 0) is 0 Å². The molecule has 0 aliphatic rings. The predicted molar refractivity (Wildman–Crippen MR) is 144 cm³/mol. The monoisotopic (exact) mass is 614 g/mol. The number of hydrogen-bond acceptors (Lipinski definition) is 11. The molecule has 0 amide bonds. The second kappa shape index (κ2) is 40.3. The Kier molecular flexibility index (Phi) is 51.0. The molecule has 0 atom stereocenters. The molecule has 0 aliphatic heterocycles. The van der Waals surface area contributed by atoms with Gasteiger partial charge in [0.1, 0.15) is 0 Å². The SMILES string of the molecule is C=CC(=O)O.C=CC(=O)O.C=CC(=O)O.C=CC(=O)O.C=CC(=O)O.O=C(O)CCC(=O)O.OCC(CO)(CO)CO. The molecular formula is C24H38O18. The summed E-state index contributed by atoms with van der Waals surface area (Å²) in [6.07, 6.45) is 3.57. The normalized spacial score (nSPS) is 8.00. The van der Waals surface area contributed by atoms with Gasteiger partial charge in [-0.15, -0.1) is 0 Å². The van der Waals surface area contributed by atoms with E-state index in [0.717, 1.165) is 30.4 Å². The molecule has 0 aromatic rings. The summed E-state index contributed by atoms with van der Waals surface area (Å²) in [5, 5.41) is 87.8. The zero-order chi connectivity index (χ0) is 35.3. The highest BCUT2D eigenvalue weighted by atomic mass is 16.4. The largest absolute Gasteiger partial charge is 0.481 e. The molecule has 0 aromatic heterocycles. The fourth-order valence-electron chi connectivity index (χ4n) is 0.514. The number of aliphatic hydroxyl groups excluding tert-OH is 4. The summed E-state index contributed by atoms with van der Waals surface area (Å²) < 4.78 is 0. The van der Waals surface area contributed by atoms with E-state index in [0.29, 0.717) is 0 Å². The van der Waals surface area contributed by atoms with Crippen molar-refractivity contribution in [1.29, 1.82) is 0 Å². The summed E-state index contributed by atoms with van der Waals surface area (Å²) in [5.41, 5.74) is -1.11. The fraction of sp³-hybridized carbons (Fsp3) is 0.292. The van der Waals surface area contributed by atoms with E-state index in [2.05, 4.69) is 32.9 Å². The number of carboxylic acids is 7. The van der Waals surface area contributed by atoms with Crippen LogP contribution in [0.4, 0.5) is 0 Å². The number of aliphatic carboxylic acids is 7. The molecule has 0 spiro atoms. The second-order valence-corrected chi connectivity index (χ2v) is 6.13. The molecule has 0 saturated carbocycles. The van der Waals surface area contributed by atoms with Crippen LogP contribution in [0.3, 0.4) is 0 Å². The molecule has 18 nitrogen and oxygen atoms in total. The summed E-state index contributed by atoms with van der Waals surface area (Å²) in [6.45, 7) is 13.2. The molecule has 42 heavy (non-hydrogen) atoms. The van der Waals surface area contributed by atoms with E-state index in [-0.39, 0.29) is 12.8 Å². The molecule has 242 valence electrons. The number of aliphatic hydroxyl groups is 4. The van der Waals surface area contributed by atoms with Crippen LogP contribution in [0.15, 0.2) is 63.3 Å². The van der Waals surface area contributed by atoms with Crippen LogP contribution in [-0.4, -0.2) is 124 Å². The molecular weight excluding hydrogens is 576 g/mol. The molecule has 0 bridgehead atoms. The summed E-state index contributed by atoms with van der Waals surface area (Å²) in [5.74, 6) is -7.06. The Labute approximate surface area is 240 Å². The summed E-state index contributed by atoms with van der Waals surface area (Å²) in [6, 6.07) is 0. The number of hydrogen-bond donors (Lipinski definition) is 11. The molecule has 0 aromatic carbocycles. The van der Waals surface area contributed by atoms with Gasteiger partial charge in [-0.25, -0.2) is 24.0 Å². The Hall–Kier alpha value is -5.17. The van der Waals surface area contributed by atoms with Gasteiger partial charge in [0.2, 0.25) is 0 Å². The van der Waals surface area contributed by atoms with Crippen molar-refractivity contribution in [2.24, 2.45) is 5.41 Å². The molecule has 0 saturated heterocycles. The third-order valence-corrected chi connectivity index (χ3v) is 2.77. The van der Waals surface area contributed by atoms with Gasteiger partial charge >= 0.3 is 41.8 Å². The Balaban J connectivity index is -0.0000000692. The van der Waals surface area contributed by atoms with Gasteiger partial charge in [-0.1, -0.05) is 32.9 Å². The Morgan fingerprint density at radius 2 is 0.524 bits per heavy atom. The average molecular weight is 615 g/mol. The molecule has 0 unspecified atom stereocenters. The molecule has 0 fully saturated rings. The lowest BCUT2D eigenvalue weighted by molar-refractivity contribution is -0.143. The van der Waals surface area contributed by atoms with E-state index in [1.807, 2.05) is 0 Å². The maximum atomic E-state index is 9.64. The van der Waals surface area contributed by atoms with Crippen molar-refractivity contribution in [3.63, 3.8) is 0 Å². The minimum atomic E-state index is -1.11. The fourth-order valence-corrected chi connectivity index (χ4v) is 0.514. The standard InChI is InChI=1S/C5H12O4.C4H6O4.5C3H4O2/c6-1-5(2-7,3-8)4-9;5-3(6)1-2-4(7)8;5*1-2-3(4)5/h6-9H,1-4H2;1-2H2,(H,5,6)(H,7,8);5*2H,1H2,(H,4,5). The van der Waals surface area contributed by atoms with Crippen LogP contribution in [0.5, 0.6) is 0 Å². The zero-order valence-electron chi connectivity index (χ0n) is 22.4. The van der Waals surface area contributed by atoms with Crippen molar-refractivity contribution in [2.75, 3.05) is 26.4 Å². The lowest BCUT2D eigenvalue weighted by Gasteiger charge is -2.23. The molecule has 11 N–H and O–H groups in total. The van der Waals surface area contributed by atoms with Crippen LogP contribution >= 0.6 is 0 Å². The molecule has 18 heteroatoms. The summed E-state index contributed by atoms with van der Waals surface area (Å²) >= 11 is 0. The number of rotatable bonds is 12. The van der Waals surface area contributed by atoms with Gasteiger partial charge in [0.25, 0.3) is 0 Å². The minimum Gasteiger partial charge on any atom is -0.481 e. The van der Waals surface area contributed by atoms with Crippen LogP contribution in [0.2, 0.25) is 0 Å². The van der Waals surface area contributed by atoms with Gasteiger partial charge in [-0.3, -0.25) is 9.59 Å². The molecule has 0 heterocycles. The third-order valence-electron chi connectivity index (χ3n) is 2.77. The van der Waals surface area contributed by atoms with Crippen molar-refractivity contribution in [3.05, 3.63) is 63.3 Å². The second-order valence-electron chi connectivity index (χ2n) is 6.13. The Morgan fingerprint density at radius 1 is 0.405 bits per heavy atom. The smallest absolute Gasteiger partial charge is 0.327 e. The van der Waals surface area contributed by atoms with E-state index in [4.69, 9.17) is 56.2 Å². The summed E-state index contributed by atoms with van der Waals surface area (Å²) in [7, 11) is 0. The van der Waals surface area contributed by atoms with E-state index in [9.17, 15) is 33.6 Å². The van der Waals surface area contributed by atoms with Crippen LogP contribution in [0, 0.1) is 5.41 Å². The topological polar surface area (TPSA) is 342 Å². The van der Waals surface area contributed by atoms with Gasteiger partial charge in [0, 0.05) is 30.4 Å². The van der Waals surface area contributed by atoms with Gasteiger partial charge in [-0.2, -0.15) is 0 Å². The first-order valence-electron chi connectivity index (χ1n) is 10.4. The van der Waals surface area contributed by atoms with Crippen molar-refractivity contribution in [2.45, 2.75) is 12.8 Å². The first-order valence-corrected chi connectivity index (χ1v) is 10.4. The van der Waals surface area contributed by atoms with Gasteiger partial charge in [0.15, 0.2) is 0 Å².